The molecule has 1 amide bonds. The highest BCUT2D eigenvalue weighted by molar-refractivity contribution is 5.98. The van der Waals surface area contributed by atoms with Gasteiger partial charge in [-0.15, -0.1) is 0 Å². The Morgan fingerprint density at radius 3 is 2.84 bits per heavy atom. The van der Waals surface area contributed by atoms with Gasteiger partial charge in [0.25, 0.3) is 5.91 Å². The van der Waals surface area contributed by atoms with Gasteiger partial charge in [0.15, 0.2) is 5.76 Å². The summed E-state index contributed by atoms with van der Waals surface area (Å²) >= 11 is 0. The average Bonchev–Trinajstić information content (AvgIpc) is 2.76. The van der Waals surface area contributed by atoms with E-state index in [1.165, 1.54) is 0 Å². The van der Waals surface area contributed by atoms with Crippen LogP contribution in [0, 0.1) is 6.92 Å². The SMILES string of the molecule is CCC(O)CCNC(=O)c1oc2ccccc2c1C. The van der Waals surface area contributed by atoms with Crippen molar-refractivity contribution in [1.29, 1.82) is 0 Å². The van der Waals surface area contributed by atoms with E-state index in [2.05, 4.69) is 5.32 Å². The van der Waals surface area contributed by atoms with Crippen molar-refractivity contribution in [2.45, 2.75) is 32.8 Å². The van der Waals surface area contributed by atoms with Crippen LogP contribution in [-0.4, -0.2) is 23.7 Å². The minimum atomic E-state index is -0.364. The van der Waals surface area contributed by atoms with E-state index in [0.29, 0.717) is 25.1 Å². The lowest BCUT2D eigenvalue weighted by Crippen LogP contribution is -2.27. The summed E-state index contributed by atoms with van der Waals surface area (Å²) in [6, 6.07) is 7.58. The van der Waals surface area contributed by atoms with Crippen LogP contribution in [0.25, 0.3) is 11.0 Å². The first kappa shape index (κ1) is 13.6. The van der Waals surface area contributed by atoms with Gasteiger partial charge in [0.2, 0.25) is 0 Å². The Morgan fingerprint density at radius 1 is 1.42 bits per heavy atom. The Hall–Kier alpha value is -1.81. The highest BCUT2D eigenvalue weighted by atomic mass is 16.3. The largest absolute Gasteiger partial charge is 0.451 e. The van der Waals surface area contributed by atoms with Crippen LogP contribution in [0.2, 0.25) is 0 Å². The third-order valence-corrected chi connectivity index (χ3v) is 3.28. The zero-order valence-electron chi connectivity index (χ0n) is 11.3. The lowest BCUT2D eigenvalue weighted by Gasteiger charge is -2.07. The van der Waals surface area contributed by atoms with Gasteiger partial charge in [-0.05, 0) is 25.8 Å². The highest BCUT2D eigenvalue weighted by Gasteiger charge is 2.16. The molecule has 1 aromatic heterocycles. The zero-order valence-corrected chi connectivity index (χ0v) is 11.3. The van der Waals surface area contributed by atoms with Crippen LogP contribution in [0.4, 0.5) is 0 Å². The minimum absolute atomic E-state index is 0.225. The summed E-state index contributed by atoms with van der Waals surface area (Å²) in [5.74, 6) is 0.129. The Morgan fingerprint density at radius 2 is 2.16 bits per heavy atom. The molecule has 2 N–H and O–H groups in total. The lowest BCUT2D eigenvalue weighted by atomic mass is 10.1. The first-order valence-electron chi connectivity index (χ1n) is 6.58. The molecule has 4 heteroatoms. The molecule has 102 valence electrons. The van der Waals surface area contributed by atoms with Crippen molar-refractivity contribution >= 4 is 16.9 Å². The topological polar surface area (TPSA) is 62.5 Å². The van der Waals surface area contributed by atoms with Crippen LogP contribution in [0.15, 0.2) is 28.7 Å². The number of hydrogen-bond acceptors (Lipinski definition) is 3. The van der Waals surface area contributed by atoms with Gasteiger partial charge in [0.1, 0.15) is 5.58 Å². The van der Waals surface area contributed by atoms with Gasteiger partial charge in [-0.25, -0.2) is 0 Å². The molecule has 0 spiro atoms. The molecule has 1 aromatic carbocycles. The number of para-hydroxylation sites is 1. The summed E-state index contributed by atoms with van der Waals surface area (Å²) < 4.78 is 5.57. The molecule has 2 aromatic rings. The van der Waals surface area contributed by atoms with E-state index in [1.54, 1.807) is 0 Å². The number of rotatable bonds is 5. The number of hydrogen-bond donors (Lipinski definition) is 2. The van der Waals surface area contributed by atoms with E-state index in [4.69, 9.17) is 4.42 Å². The number of carbonyl (C=O) groups is 1. The molecule has 0 saturated heterocycles. The second-order valence-corrected chi connectivity index (χ2v) is 4.66. The summed E-state index contributed by atoms with van der Waals surface area (Å²) in [5.41, 5.74) is 1.57. The zero-order chi connectivity index (χ0) is 13.8. The second kappa shape index (κ2) is 5.89. The molecule has 0 aliphatic carbocycles. The fraction of sp³-hybridized carbons (Fsp3) is 0.400. The van der Waals surface area contributed by atoms with Crippen LogP contribution in [-0.2, 0) is 0 Å². The second-order valence-electron chi connectivity index (χ2n) is 4.66. The molecule has 0 fully saturated rings. The smallest absolute Gasteiger partial charge is 0.287 e. The first-order valence-corrected chi connectivity index (χ1v) is 6.58. The van der Waals surface area contributed by atoms with Gasteiger partial charge in [-0.2, -0.15) is 0 Å². The van der Waals surface area contributed by atoms with Crippen molar-refractivity contribution in [3.63, 3.8) is 0 Å². The van der Waals surface area contributed by atoms with E-state index in [0.717, 1.165) is 16.5 Å². The molecule has 4 nitrogen and oxygen atoms in total. The van der Waals surface area contributed by atoms with Gasteiger partial charge in [-0.1, -0.05) is 25.1 Å². The number of benzene rings is 1. The summed E-state index contributed by atoms with van der Waals surface area (Å²) in [6.45, 7) is 4.24. The molecule has 0 bridgehead atoms. The van der Waals surface area contributed by atoms with Crippen molar-refractivity contribution in [1.82, 2.24) is 5.32 Å². The van der Waals surface area contributed by atoms with Crippen molar-refractivity contribution in [2.75, 3.05) is 6.54 Å². The van der Waals surface area contributed by atoms with Gasteiger partial charge in [0.05, 0.1) is 6.10 Å². The average molecular weight is 261 g/mol. The molecular weight excluding hydrogens is 242 g/mol. The van der Waals surface area contributed by atoms with Crippen LogP contribution in [0.3, 0.4) is 0 Å². The lowest BCUT2D eigenvalue weighted by molar-refractivity contribution is 0.0915. The van der Waals surface area contributed by atoms with Gasteiger partial charge >= 0.3 is 0 Å². The van der Waals surface area contributed by atoms with Crippen molar-refractivity contribution in [3.05, 3.63) is 35.6 Å². The van der Waals surface area contributed by atoms with E-state index >= 15 is 0 Å². The predicted octanol–water partition coefficient (Wildman–Crippen LogP) is 2.63. The molecule has 0 aliphatic rings. The number of amides is 1. The van der Waals surface area contributed by atoms with Gasteiger partial charge in [0, 0.05) is 17.5 Å². The van der Waals surface area contributed by atoms with Crippen LogP contribution >= 0.6 is 0 Å². The Labute approximate surface area is 112 Å². The van der Waals surface area contributed by atoms with Crippen molar-refractivity contribution < 1.29 is 14.3 Å². The van der Waals surface area contributed by atoms with Crippen molar-refractivity contribution in [3.8, 4) is 0 Å². The number of aliphatic hydroxyl groups is 1. The Balaban J connectivity index is 2.07. The van der Waals surface area contributed by atoms with Crippen LogP contribution < -0.4 is 5.32 Å². The molecular formula is C15H19NO3. The molecule has 1 atom stereocenters. The van der Waals surface area contributed by atoms with Crippen LogP contribution in [0.1, 0.15) is 35.9 Å². The summed E-state index contributed by atoms with van der Waals surface area (Å²) in [4.78, 5) is 12.0. The maximum atomic E-state index is 12.0. The fourth-order valence-electron chi connectivity index (χ4n) is 2.03. The maximum absolute atomic E-state index is 12.0. The Kier molecular flexibility index (Phi) is 4.22. The third-order valence-electron chi connectivity index (χ3n) is 3.28. The minimum Gasteiger partial charge on any atom is -0.451 e. The number of fused-ring (bicyclic) bond motifs is 1. The van der Waals surface area contributed by atoms with Crippen molar-refractivity contribution in [2.24, 2.45) is 0 Å². The monoisotopic (exact) mass is 261 g/mol. The summed E-state index contributed by atoms with van der Waals surface area (Å²) in [7, 11) is 0. The number of aliphatic hydroxyl groups excluding tert-OH is 1. The normalized spacial score (nSPS) is 12.6. The summed E-state index contributed by atoms with van der Waals surface area (Å²) in [5, 5.41) is 13.2. The predicted molar refractivity (Wildman–Crippen MR) is 74.2 cm³/mol. The third kappa shape index (κ3) is 2.96. The molecule has 1 unspecified atom stereocenters. The molecule has 0 saturated carbocycles. The van der Waals surface area contributed by atoms with Gasteiger partial charge in [-0.3, -0.25) is 4.79 Å². The molecule has 0 aliphatic heterocycles. The first-order chi connectivity index (χ1) is 9.13. The molecule has 19 heavy (non-hydrogen) atoms. The molecule has 1 heterocycles. The standard InChI is InChI=1S/C15H19NO3/c1-3-11(17)8-9-16-15(18)14-10(2)12-6-4-5-7-13(12)19-14/h4-7,11,17H,3,8-9H2,1-2H3,(H,16,18). The number of aryl methyl sites for hydroxylation is 1. The summed E-state index contributed by atoms with van der Waals surface area (Å²) in [6.07, 6.45) is 0.887. The van der Waals surface area contributed by atoms with Crippen LogP contribution in [0.5, 0.6) is 0 Å². The van der Waals surface area contributed by atoms with Gasteiger partial charge < -0.3 is 14.8 Å². The maximum Gasteiger partial charge on any atom is 0.287 e. The number of carbonyl (C=O) groups excluding carboxylic acids is 1. The Bertz CT molecular complexity index is 574. The van der Waals surface area contributed by atoms with E-state index in [-0.39, 0.29) is 12.0 Å². The molecule has 0 radical (unpaired) electrons. The number of nitrogens with one attached hydrogen (secondary N) is 1. The quantitative estimate of drug-likeness (QED) is 0.869. The highest BCUT2D eigenvalue weighted by Crippen LogP contribution is 2.24. The van der Waals surface area contributed by atoms with E-state index in [1.807, 2.05) is 38.1 Å². The molecule has 2 rings (SSSR count). The van der Waals surface area contributed by atoms with E-state index < -0.39 is 0 Å². The number of furan rings is 1. The van der Waals surface area contributed by atoms with E-state index in [9.17, 15) is 9.90 Å². The fourth-order valence-corrected chi connectivity index (χ4v) is 2.03.